The standard InChI is InChI=1S/C42H87OP/c1-4-7-10-13-16-19-22-25-28-31-34-37-40-44(43,41-38-35-32-29-26-23-20-17-14-11-8-5-2)42-39-36-33-30-27-24-21-18-15-12-9-6-3/h4-42H2,1-3H3. The molecule has 0 amide bonds. The Kier molecular flexibility index (Phi) is 37.9. The molecule has 266 valence electrons. The molecular weight excluding hydrogens is 551 g/mol. The van der Waals surface area contributed by atoms with E-state index in [1.54, 1.807) is 0 Å². The zero-order valence-corrected chi connectivity index (χ0v) is 32.3. The molecule has 0 bridgehead atoms. The van der Waals surface area contributed by atoms with Crippen LogP contribution in [0.3, 0.4) is 0 Å². The lowest BCUT2D eigenvalue weighted by molar-refractivity contribution is 0.536. The lowest BCUT2D eigenvalue weighted by Crippen LogP contribution is -2.02. The Labute approximate surface area is 281 Å². The number of rotatable bonds is 39. The van der Waals surface area contributed by atoms with Crippen molar-refractivity contribution >= 4 is 7.14 Å². The highest BCUT2D eigenvalue weighted by Crippen LogP contribution is 2.48. The van der Waals surface area contributed by atoms with Gasteiger partial charge in [-0.1, -0.05) is 233 Å². The summed E-state index contributed by atoms with van der Waals surface area (Å²) in [6, 6.07) is 0. The third-order valence-electron chi connectivity index (χ3n) is 10.3. The van der Waals surface area contributed by atoms with Crippen molar-refractivity contribution in [3.8, 4) is 0 Å². The Bertz CT molecular complexity index is 482. The minimum absolute atomic E-state index is 1.06. The van der Waals surface area contributed by atoms with Gasteiger partial charge in [0.05, 0.1) is 7.14 Å². The lowest BCUT2D eigenvalue weighted by Gasteiger charge is -2.19. The quantitative estimate of drug-likeness (QED) is 0.0483. The largest absolute Gasteiger partial charge is 0.324 e. The maximum absolute atomic E-state index is 14.1. The summed E-state index contributed by atoms with van der Waals surface area (Å²) in [5.41, 5.74) is 0. The summed E-state index contributed by atoms with van der Waals surface area (Å²) in [5.74, 6) is 0. The zero-order valence-electron chi connectivity index (χ0n) is 31.4. The van der Waals surface area contributed by atoms with Gasteiger partial charge in [0.1, 0.15) is 0 Å². The molecule has 0 aliphatic rings. The fraction of sp³-hybridized carbons (Fsp3) is 1.00. The average Bonchev–Trinajstić information content (AvgIpc) is 3.02. The fourth-order valence-electron chi connectivity index (χ4n) is 7.06. The normalized spacial score (nSPS) is 12.0. The van der Waals surface area contributed by atoms with Gasteiger partial charge in [-0.15, -0.1) is 0 Å². The SMILES string of the molecule is CCCCCCCCCCCCCCP(=O)(CCCCCCCCCCCCCC)CCCCCCCCCCCCCC. The van der Waals surface area contributed by atoms with Crippen LogP contribution < -0.4 is 0 Å². The van der Waals surface area contributed by atoms with E-state index >= 15 is 0 Å². The molecule has 0 saturated carbocycles. The summed E-state index contributed by atoms with van der Waals surface area (Å²) in [5, 5.41) is 0. The van der Waals surface area contributed by atoms with E-state index < -0.39 is 7.14 Å². The predicted octanol–water partition coefficient (Wildman–Crippen LogP) is 16.5. The van der Waals surface area contributed by atoms with Gasteiger partial charge in [-0.25, -0.2) is 0 Å². The van der Waals surface area contributed by atoms with Crippen LogP contribution in [0.25, 0.3) is 0 Å². The van der Waals surface area contributed by atoms with Crippen molar-refractivity contribution in [2.75, 3.05) is 18.5 Å². The van der Waals surface area contributed by atoms with Crippen LogP contribution in [0, 0.1) is 0 Å². The molecule has 2 heteroatoms. The second-order valence-electron chi connectivity index (χ2n) is 14.9. The lowest BCUT2D eigenvalue weighted by atomic mass is 10.1. The molecule has 44 heavy (non-hydrogen) atoms. The van der Waals surface area contributed by atoms with E-state index in [1.807, 2.05) is 0 Å². The summed E-state index contributed by atoms with van der Waals surface area (Å²) in [6.45, 7) is 6.91. The number of hydrogen-bond acceptors (Lipinski definition) is 1. The van der Waals surface area contributed by atoms with Gasteiger partial charge in [0.15, 0.2) is 0 Å². The second-order valence-corrected chi connectivity index (χ2v) is 18.4. The molecule has 0 N–H and O–H groups in total. The molecule has 0 aliphatic heterocycles. The predicted molar refractivity (Wildman–Crippen MR) is 205 cm³/mol. The van der Waals surface area contributed by atoms with Crippen LogP contribution in [0.2, 0.25) is 0 Å². The molecule has 0 fully saturated rings. The van der Waals surface area contributed by atoms with E-state index in [0.29, 0.717) is 0 Å². The van der Waals surface area contributed by atoms with Crippen molar-refractivity contribution in [3.63, 3.8) is 0 Å². The fourth-order valence-corrected chi connectivity index (χ4v) is 10.1. The van der Waals surface area contributed by atoms with E-state index in [4.69, 9.17) is 0 Å². The Hall–Kier alpha value is 0.230. The Morgan fingerprint density at radius 2 is 0.364 bits per heavy atom. The van der Waals surface area contributed by atoms with Crippen LogP contribution in [-0.2, 0) is 4.57 Å². The second kappa shape index (κ2) is 37.7. The van der Waals surface area contributed by atoms with Gasteiger partial charge in [-0.2, -0.15) is 0 Å². The molecule has 0 heterocycles. The summed E-state index contributed by atoms with van der Waals surface area (Å²) < 4.78 is 14.1. The summed E-state index contributed by atoms with van der Waals surface area (Å²) in [4.78, 5) is 0. The van der Waals surface area contributed by atoms with Crippen LogP contribution in [0.15, 0.2) is 0 Å². The van der Waals surface area contributed by atoms with Gasteiger partial charge in [-0.05, 0) is 19.3 Å². The van der Waals surface area contributed by atoms with Crippen LogP contribution in [0.1, 0.15) is 252 Å². The molecule has 0 aliphatic carbocycles. The number of hydrogen-bond donors (Lipinski definition) is 0. The molecule has 0 unspecified atom stereocenters. The first kappa shape index (κ1) is 44.2. The van der Waals surface area contributed by atoms with Crippen molar-refractivity contribution in [3.05, 3.63) is 0 Å². The van der Waals surface area contributed by atoms with Gasteiger partial charge in [0.25, 0.3) is 0 Å². The first-order chi connectivity index (χ1) is 21.7. The summed E-state index contributed by atoms with van der Waals surface area (Å²) in [6.07, 6.45) is 53.3. The van der Waals surface area contributed by atoms with Crippen molar-refractivity contribution in [2.24, 2.45) is 0 Å². The highest BCUT2D eigenvalue weighted by atomic mass is 31.2. The third-order valence-corrected chi connectivity index (χ3v) is 13.7. The molecule has 0 spiro atoms. The van der Waals surface area contributed by atoms with E-state index in [2.05, 4.69) is 20.8 Å². The van der Waals surface area contributed by atoms with Crippen LogP contribution in [0.4, 0.5) is 0 Å². The summed E-state index contributed by atoms with van der Waals surface area (Å²) in [7, 11) is -1.96. The maximum Gasteiger partial charge on any atom is 0.0877 e. The highest BCUT2D eigenvalue weighted by molar-refractivity contribution is 7.63. The van der Waals surface area contributed by atoms with Gasteiger partial charge in [0, 0.05) is 18.5 Å². The molecule has 0 saturated heterocycles. The van der Waals surface area contributed by atoms with E-state index in [1.165, 1.54) is 231 Å². The topological polar surface area (TPSA) is 17.1 Å². The molecule has 1 nitrogen and oxygen atoms in total. The van der Waals surface area contributed by atoms with Crippen LogP contribution in [0.5, 0.6) is 0 Å². The monoisotopic (exact) mass is 639 g/mol. The van der Waals surface area contributed by atoms with E-state index in [-0.39, 0.29) is 0 Å². The summed E-state index contributed by atoms with van der Waals surface area (Å²) >= 11 is 0. The molecular formula is C42H87OP. The first-order valence-electron chi connectivity index (χ1n) is 21.3. The van der Waals surface area contributed by atoms with Crippen molar-refractivity contribution < 1.29 is 4.57 Å². The minimum atomic E-state index is -1.96. The highest BCUT2D eigenvalue weighted by Gasteiger charge is 2.20. The van der Waals surface area contributed by atoms with Gasteiger partial charge in [0.2, 0.25) is 0 Å². The Balaban J connectivity index is 4.07. The smallest absolute Gasteiger partial charge is 0.0877 e. The van der Waals surface area contributed by atoms with E-state index in [0.717, 1.165) is 18.5 Å². The maximum atomic E-state index is 14.1. The van der Waals surface area contributed by atoms with Gasteiger partial charge >= 0.3 is 0 Å². The third kappa shape index (κ3) is 35.1. The van der Waals surface area contributed by atoms with Gasteiger partial charge < -0.3 is 4.57 Å². The molecule has 0 radical (unpaired) electrons. The minimum Gasteiger partial charge on any atom is -0.324 e. The molecule has 0 aromatic heterocycles. The molecule has 0 aromatic rings. The zero-order chi connectivity index (χ0) is 32.1. The Morgan fingerprint density at radius 1 is 0.227 bits per heavy atom. The first-order valence-corrected chi connectivity index (χ1v) is 23.5. The van der Waals surface area contributed by atoms with Crippen molar-refractivity contribution in [1.29, 1.82) is 0 Å². The van der Waals surface area contributed by atoms with Crippen molar-refractivity contribution in [1.82, 2.24) is 0 Å². The van der Waals surface area contributed by atoms with Crippen LogP contribution in [-0.4, -0.2) is 18.5 Å². The molecule has 0 aromatic carbocycles. The van der Waals surface area contributed by atoms with Crippen molar-refractivity contribution in [2.45, 2.75) is 252 Å². The van der Waals surface area contributed by atoms with E-state index in [9.17, 15) is 4.57 Å². The number of unbranched alkanes of at least 4 members (excludes halogenated alkanes) is 33. The van der Waals surface area contributed by atoms with Crippen LogP contribution >= 0.6 is 7.14 Å². The Morgan fingerprint density at radius 3 is 0.523 bits per heavy atom. The molecule has 0 rings (SSSR count). The average molecular weight is 639 g/mol. The van der Waals surface area contributed by atoms with Gasteiger partial charge in [-0.3, -0.25) is 0 Å². The molecule has 0 atom stereocenters.